The predicted octanol–water partition coefficient (Wildman–Crippen LogP) is 1.34. The summed E-state index contributed by atoms with van der Waals surface area (Å²) in [4.78, 5) is 16.6. The number of hydrogen-bond donors (Lipinski definition) is 2. The second-order valence-electron chi connectivity index (χ2n) is 6.97. The predicted molar refractivity (Wildman–Crippen MR) is 111 cm³/mol. The van der Waals surface area contributed by atoms with Gasteiger partial charge >= 0.3 is 0 Å². The molecule has 1 saturated heterocycles. The van der Waals surface area contributed by atoms with Crippen LogP contribution in [0.3, 0.4) is 0 Å². The Kier molecular flexibility index (Phi) is 8.82. The highest BCUT2D eigenvalue weighted by Gasteiger charge is 2.29. The Labute approximate surface area is 173 Å². The molecule has 10 heteroatoms. The van der Waals surface area contributed by atoms with Crippen molar-refractivity contribution in [1.82, 2.24) is 4.90 Å². The van der Waals surface area contributed by atoms with Gasteiger partial charge in [-0.3, -0.25) is 4.79 Å². The normalized spacial score (nSPS) is 22.7. The van der Waals surface area contributed by atoms with E-state index in [2.05, 4.69) is 4.90 Å². The Hall–Kier alpha value is -1.06. The standard InChI is InChI=1S/C17H26N4O3S.2ClH/c18-16-3-1-2-13(16)12-17(22)21-10-8-20(9-11-21)14-4-6-15(7-5-14)25(19,23)24;;/h4-7,13,16H,1-3,8-12,18H2,(H2,19,23,24);2*1H/t13-,16+;;/m0../s1. The van der Waals surface area contributed by atoms with Crippen molar-refractivity contribution in [3.63, 3.8) is 0 Å². The Morgan fingerprint density at radius 1 is 1.04 bits per heavy atom. The maximum Gasteiger partial charge on any atom is 0.238 e. The van der Waals surface area contributed by atoms with Gasteiger partial charge in [-0.15, -0.1) is 24.8 Å². The summed E-state index contributed by atoms with van der Waals surface area (Å²) in [6.07, 6.45) is 3.77. The molecule has 0 radical (unpaired) electrons. The van der Waals surface area contributed by atoms with Crippen molar-refractivity contribution < 1.29 is 13.2 Å². The lowest BCUT2D eigenvalue weighted by molar-refractivity contribution is -0.132. The molecule has 1 aromatic rings. The molecule has 0 aromatic heterocycles. The van der Waals surface area contributed by atoms with E-state index in [4.69, 9.17) is 10.9 Å². The average molecular weight is 439 g/mol. The molecule has 27 heavy (non-hydrogen) atoms. The van der Waals surface area contributed by atoms with E-state index >= 15 is 0 Å². The molecule has 7 nitrogen and oxygen atoms in total. The number of amides is 1. The van der Waals surface area contributed by atoms with Gasteiger partial charge in [-0.2, -0.15) is 0 Å². The number of piperazine rings is 1. The zero-order valence-electron chi connectivity index (χ0n) is 15.1. The molecule has 2 fully saturated rings. The summed E-state index contributed by atoms with van der Waals surface area (Å²) >= 11 is 0. The molecule has 1 aliphatic carbocycles. The van der Waals surface area contributed by atoms with Crippen molar-refractivity contribution in [3.05, 3.63) is 24.3 Å². The van der Waals surface area contributed by atoms with E-state index < -0.39 is 10.0 Å². The maximum absolute atomic E-state index is 12.5. The quantitative estimate of drug-likeness (QED) is 0.736. The van der Waals surface area contributed by atoms with Gasteiger partial charge in [-0.05, 0) is 43.0 Å². The third-order valence-electron chi connectivity index (χ3n) is 5.32. The SMILES string of the molecule is Cl.Cl.N[C@@H]1CCC[C@H]1CC(=O)N1CCN(c2ccc(S(N)(=O)=O)cc2)CC1. The fourth-order valence-electron chi connectivity index (χ4n) is 3.73. The van der Waals surface area contributed by atoms with Crippen molar-refractivity contribution in [3.8, 4) is 0 Å². The van der Waals surface area contributed by atoms with Crippen molar-refractivity contribution in [2.24, 2.45) is 16.8 Å². The van der Waals surface area contributed by atoms with Crippen molar-refractivity contribution >= 4 is 46.4 Å². The third-order valence-corrected chi connectivity index (χ3v) is 6.25. The first-order valence-electron chi connectivity index (χ1n) is 8.76. The molecule has 1 heterocycles. The van der Waals surface area contributed by atoms with E-state index in [1.54, 1.807) is 12.1 Å². The van der Waals surface area contributed by atoms with Gasteiger partial charge in [0.05, 0.1) is 4.90 Å². The molecule has 154 valence electrons. The number of nitrogens with zero attached hydrogens (tertiary/aromatic N) is 2. The number of anilines is 1. The first-order valence-corrected chi connectivity index (χ1v) is 10.3. The lowest BCUT2D eigenvalue weighted by Crippen LogP contribution is -2.49. The number of carbonyl (C=O) groups excluding carboxylic acids is 1. The smallest absolute Gasteiger partial charge is 0.238 e. The van der Waals surface area contributed by atoms with Gasteiger partial charge in [-0.1, -0.05) is 6.42 Å². The molecule has 1 amide bonds. The maximum atomic E-state index is 12.5. The van der Waals surface area contributed by atoms with Gasteiger partial charge in [0.25, 0.3) is 0 Å². The van der Waals surface area contributed by atoms with Gasteiger partial charge in [0.15, 0.2) is 0 Å². The summed E-state index contributed by atoms with van der Waals surface area (Å²) in [5, 5.41) is 5.12. The number of carbonyl (C=O) groups is 1. The van der Waals surface area contributed by atoms with Crippen LogP contribution in [0.15, 0.2) is 29.2 Å². The topological polar surface area (TPSA) is 110 Å². The van der Waals surface area contributed by atoms with E-state index in [1.807, 2.05) is 4.90 Å². The van der Waals surface area contributed by atoms with Crippen LogP contribution in [-0.4, -0.2) is 51.4 Å². The van der Waals surface area contributed by atoms with Crippen LogP contribution in [-0.2, 0) is 14.8 Å². The van der Waals surface area contributed by atoms with Crippen molar-refractivity contribution in [2.45, 2.75) is 36.6 Å². The van der Waals surface area contributed by atoms with Crippen LogP contribution in [0.2, 0.25) is 0 Å². The summed E-state index contributed by atoms with van der Waals surface area (Å²) in [5.41, 5.74) is 7.01. The number of benzene rings is 1. The molecule has 2 aliphatic rings. The van der Waals surface area contributed by atoms with E-state index in [9.17, 15) is 13.2 Å². The Morgan fingerprint density at radius 3 is 2.11 bits per heavy atom. The molecule has 1 aromatic carbocycles. The molecule has 0 unspecified atom stereocenters. The Bertz CT molecular complexity index is 722. The summed E-state index contributed by atoms with van der Waals surface area (Å²) in [5.74, 6) is 0.530. The van der Waals surface area contributed by atoms with Gasteiger partial charge in [0.1, 0.15) is 0 Å². The van der Waals surface area contributed by atoms with Crippen LogP contribution in [0.1, 0.15) is 25.7 Å². The monoisotopic (exact) mass is 438 g/mol. The van der Waals surface area contributed by atoms with Gasteiger partial charge in [0.2, 0.25) is 15.9 Å². The summed E-state index contributed by atoms with van der Waals surface area (Å²) in [6.45, 7) is 2.82. The van der Waals surface area contributed by atoms with Crippen LogP contribution in [0, 0.1) is 5.92 Å². The van der Waals surface area contributed by atoms with Crippen LogP contribution < -0.4 is 15.8 Å². The lowest BCUT2D eigenvalue weighted by Gasteiger charge is -2.36. The summed E-state index contributed by atoms with van der Waals surface area (Å²) in [6, 6.07) is 6.72. The second-order valence-corrected chi connectivity index (χ2v) is 8.53. The first-order chi connectivity index (χ1) is 11.8. The number of hydrogen-bond acceptors (Lipinski definition) is 5. The molecule has 2 atom stereocenters. The Balaban J connectivity index is 0.00000182. The van der Waals surface area contributed by atoms with Gasteiger partial charge in [0, 0.05) is 44.3 Å². The molecule has 1 aliphatic heterocycles. The van der Waals surface area contributed by atoms with E-state index in [1.165, 1.54) is 12.1 Å². The van der Waals surface area contributed by atoms with Crippen LogP contribution in [0.25, 0.3) is 0 Å². The molecular weight excluding hydrogens is 411 g/mol. The zero-order valence-corrected chi connectivity index (χ0v) is 17.6. The lowest BCUT2D eigenvalue weighted by atomic mass is 9.99. The van der Waals surface area contributed by atoms with Crippen molar-refractivity contribution in [2.75, 3.05) is 31.1 Å². The number of rotatable bonds is 4. The minimum atomic E-state index is -3.67. The average Bonchev–Trinajstić information content (AvgIpc) is 2.99. The highest BCUT2D eigenvalue weighted by molar-refractivity contribution is 7.89. The highest BCUT2D eigenvalue weighted by atomic mass is 35.5. The molecule has 1 saturated carbocycles. The number of nitrogens with two attached hydrogens (primary N) is 2. The number of sulfonamides is 1. The van der Waals surface area contributed by atoms with Crippen molar-refractivity contribution in [1.29, 1.82) is 0 Å². The highest BCUT2D eigenvalue weighted by Crippen LogP contribution is 2.28. The molecule has 0 bridgehead atoms. The van der Waals surface area contributed by atoms with Crippen LogP contribution in [0.5, 0.6) is 0 Å². The fraction of sp³-hybridized carbons (Fsp3) is 0.588. The summed E-state index contributed by atoms with van der Waals surface area (Å²) < 4.78 is 22.6. The third kappa shape index (κ3) is 5.96. The first kappa shape index (κ1) is 24.0. The summed E-state index contributed by atoms with van der Waals surface area (Å²) in [7, 11) is -3.67. The minimum absolute atomic E-state index is 0. The molecule has 0 spiro atoms. The zero-order chi connectivity index (χ0) is 18.0. The Morgan fingerprint density at radius 2 is 1.63 bits per heavy atom. The molecule has 4 N–H and O–H groups in total. The molecule has 3 rings (SSSR count). The van der Waals surface area contributed by atoms with E-state index in [0.29, 0.717) is 25.4 Å². The minimum Gasteiger partial charge on any atom is -0.368 e. The van der Waals surface area contributed by atoms with Crippen LogP contribution in [0.4, 0.5) is 5.69 Å². The van der Waals surface area contributed by atoms with E-state index in [0.717, 1.165) is 38.0 Å². The van der Waals surface area contributed by atoms with E-state index in [-0.39, 0.29) is 41.7 Å². The second kappa shape index (κ2) is 9.93. The fourth-order valence-corrected chi connectivity index (χ4v) is 4.25. The number of halogens is 2. The molecular formula is C17H28Cl2N4O3S. The van der Waals surface area contributed by atoms with Crippen LogP contribution >= 0.6 is 24.8 Å². The number of primary sulfonamides is 1. The van der Waals surface area contributed by atoms with Gasteiger partial charge in [-0.25, -0.2) is 13.6 Å². The van der Waals surface area contributed by atoms with Gasteiger partial charge < -0.3 is 15.5 Å². The largest absolute Gasteiger partial charge is 0.368 e.